The van der Waals surface area contributed by atoms with Gasteiger partial charge in [-0.15, -0.1) is 16.9 Å². The molecule has 3 rings (SSSR count). The van der Waals surface area contributed by atoms with Crippen molar-refractivity contribution in [1.82, 2.24) is 10.2 Å². The van der Waals surface area contributed by atoms with E-state index in [1.54, 1.807) is 17.8 Å². The minimum atomic E-state index is -0.273. The molecule has 128 valence electrons. The van der Waals surface area contributed by atoms with E-state index in [1.165, 1.54) is 0 Å². The van der Waals surface area contributed by atoms with Crippen LogP contribution in [0.2, 0.25) is 0 Å². The van der Waals surface area contributed by atoms with Crippen molar-refractivity contribution in [3.05, 3.63) is 59.7 Å². The molecule has 0 spiro atoms. The highest BCUT2D eigenvalue weighted by atomic mass is 32.2. The van der Waals surface area contributed by atoms with Crippen molar-refractivity contribution in [2.75, 3.05) is 5.32 Å². The Morgan fingerprint density at radius 2 is 1.92 bits per heavy atom. The highest BCUT2D eigenvalue weighted by molar-refractivity contribution is 7.99. The van der Waals surface area contributed by atoms with Crippen LogP contribution in [0.5, 0.6) is 0 Å². The zero-order valence-corrected chi connectivity index (χ0v) is 15.1. The average Bonchev–Trinajstić information content (AvgIpc) is 3.03. The second-order valence-corrected chi connectivity index (χ2v) is 7.58. The van der Waals surface area contributed by atoms with Crippen molar-refractivity contribution >= 4 is 23.7 Å². The first-order chi connectivity index (χ1) is 12.0. The highest BCUT2D eigenvalue weighted by Gasteiger charge is 2.13. The summed E-state index contributed by atoms with van der Waals surface area (Å²) >= 11 is 1.71. The number of hydrogen-bond donors (Lipinski definition) is 1. The molecule has 0 aliphatic carbocycles. The molecule has 0 unspecified atom stereocenters. The number of anilines is 1. The number of carbonyl (C=O) groups is 1. The predicted octanol–water partition coefficient (Wildman–Crippen LogP) is 4.80. The third kappa shape index (κ3) is 4.48. The number of rotatable bonds is 5. The monoisotopic (exact) mass is 353 g/mol. The third-order valence-corrected chi connectivity index (χ3v) is 4.38. The van der Waals surface area contributed by atoms with E-state index in [2.05, 4.69) is 29.4 Å². The molecule has 6 heteroatoms. The Balaban J connectivity index is 1.74. The lowest BCUT2D eigenvalue weighted by atomic mass is 10.1. The maximum atomic E-state index is 12.4. The van der Waals surface area contributed by atoms with E-state index in [0.717, 1.165) is 16.0 Å². The maximum Gasteiger partial charge on any atom is 0.322 e. The van der Waals surface area contributed by atoms with Gasteiger partial charge in [-0.3, -0.25) is 10.1 Å². The van der Waals surface area contributed by atoms with Gasteiger partial charge in [0.2, 0.25) is 5.89 Å². The summed E-state index contributed by atoms with van der Waals surface area (Å²) in [7, 11) is 0. The molecule has 1 N–H and O–H groups in total. The molecule has 3 aromatic rings. The zero-order chi connectivity index (χ0) is 17.8. The van der Waals surface area contributed by atoms with Crippen molar-refractivity contribution in [1.29, 1.82) is 0 Å². The maximum absolute atomic E-state index is 12.4. The minimum Gasteiger partial charge on any atom is -0.403 e. The largest absolute Gasteiger partial charge is 0.403 e. The topological polar surface area (TPSA) is 68.0 Å². The van der Waals surface area contributed by atoms with E-state index in [9.17, 15) is 4.79 Å². The summed E-state index contributed by atoms with van der Waals surface area (Å²) in [6.45, 7) is 6.22. The van der Waals surface area contributed by atoms with Gasteiger partial charge < -0.3 is 4.42 Å². The van der Waals surface area contributed by atoms with Crippen LogP contribution in [0, 0.1) is 6.92 Å². The number of thioether (sulfide) groups is 1. The van der Waals surface area contributed by atoms with Crippen LogP contribution in [-0.2, 0) is 0 Å². The Labute approximate surface area is 150 Å². The van der Waals surface area contributed by atoms with Crippen molar-refractivity contribution in [3.63, 3.8) is 0 Å². The lowest BCUT2D eigenvalue weighted by Gasteiger charge is -2.06. The third-order valence-electron chi connectivity index (χ3n) is 3.38. The summed E-state index contributed by atoms with van der Waals surface area (Å²) in [5, 5.41) is 11.0. The normalized spacial score (nSPS) is 10.9. The number of carbonyl (C=O) groups excluding carboxylic acids is 1. The molecule has 25 heavy (non-hydrogen) atoms. The van der Waals surface area contributed by atoms with Gasteiger partial charge in [-0.25, -0.2) is 0 Å². The molecule has 0 saturated carbocycles. The molecule has 1 aromatic heterocycles. The van der Waals surface area contributed by atoms with Gasteiger partial charge >= 0.3 is 6.01 Å². The van der Waals surface area contributed by atoms with Gasteiger partial charge in [0.25, 0.3) is 5.91 Å². The summed E-state index contributed by atoms with van der Waals surface area (Å²) < 4.78 is 5.55. The van der Waals surface area contributed by atoms with E-state index < -0.39 is 0 Å². The van der Waals surface area contributed by atoms with Crippen LogP contribution < -0.4 is 5.32 Å². The van der Waals surface area contributed by atoms with Crippen LogP contribution in [0.1, 0.15) is 29.8 Å². The van der Waals surface area contributed by atoms with Crippen molar-refractivity contribution in [3.8, 4) is 11.5 Å². The Kier molecular flexibility index (Phi) is 5.19. The average molecular weight is 353 g/mol. The number of benzene rings is 2. The fourth-order valence-electron chi connectivity index (χ4n) is 2.32. The molecule has 0 aliphatic rings. The molecular formula is C19H19N3O2S. The molecular weight excluding hydrogens is 334 g/mol. The van der Waals surface area contributed by atoms with Gasteiger partial charge in [-0.1, -0.05) is 42.7 Å². The summed E-state index contributed by atoms with van der Waals surface area (Å²) in [4.78, 5) is 13.5. The van der Waals surface area contributed by atoms with Crippen LogP contribution in [0.15, 0.2) is 57.8 Å². The fourth-order valence-corrected chi connectivity index (χ4v) is 3.22. The molecule has 0 radical (unpaired) electrons. The molecule has 0 fully saturated rings. The molecule has 0 bridgehead atoms. The smallest absolute Gasteiger partial charge is 0.322 e. The minimum absolute atomic E-state index is 0.0865. The first-order valence-corrected chi connectivity index (χ1v) is 8.88. The SMILES string of the molecule is Cc1cccc(-c2nnc(NC(=O)c3cccc(SC(C)C)c3)o2)c1. The number of nitrogens with zero attached hydrogens (tertiary/aromatic N) is 2. The summed E-state index contributed by atoms with van der Waals surface area (Å²) in [5.41, 5.74) is 2.48. The molecule has 1 amide bonds. The number of aromatic nitrogens is 2. The summed E-state index contributed by atoms with van der Waals surface area (Å²) in [6.07, 6.45) is 0. The van der Waals surface area contributed by atoms with Gasteiger partial charge in [-0.2, -0.15) is 0 Å². The van der Waals surface area contributed by atoms with Crippen molar-refractivity contribution in [2.45, 2.75) is 30.9 Å². The quantitative estimate of drug-likeness (QED) is 0.667. The van der Waals surface area contributed by atoms with Gasteiger partial charge in [0.15, 0.2) is 0 Å². The number of aryl methyl sites for hydroxylation is 1. The standard InChI is InChI=1S/C19H19N3O2S/c1-12(2)25-16-9-5-7-14(11-16)17(23)20-19-22-21-18(24-19)15-8-4-6-13(3)10-15/h4-12H,1-3H3,(H,20,22,23). The van der Waals surface area contributed by atoms with Gasteiger partial charge in [-0.05, 0) is 37.3 Å². The molecule has 0 aliphatic heterocycles. The molecule has 2 aromatic carbocycles. The second-order valence-electron chi connectivity index (χ2n) is 5.93. The van der Waals surface area contributed by atoms with Crippen LogP contribution in [0.4, 0.5) is 6.01 Å². The molecule has 0 atom stereocenters. The number of amides is 1. The van der Waals surface area contributed by atoms with Crippen LogP contribution in [0.25, 0.3) is 11.5 Å². The number of hydrogen-bond acceptors (Lipinski definition) is 5. The van der Waals surface area contributed by atoms with Crippen molar-refractivity contribution in [2.24, 2.45) is 0 Å². The number of nitrogens with one attached hydrogen (secondary N) is 1. The van der Waals surface area contributed by atoms with Gasteiger partial charge in [0.1, 0.15) is 0 Å². The molecule has 1 heterocycles. The predicted molar refractivity (Wildman–Crippen MR) is 99.9 cm³/mol. The van der Waals surface area contributed by atoms with E-state index in [0.29, 0.717) is 16.7 Å². The summed E-state index contributed by atoms with van der Waals surface area (Å²) in [5.74, 6) is 0.105. The van der Waals surface area contributed by atoms with Gasteiger partial charge in [0.05, 0.1) is 0 Å². The Hall–Kier alpha value is -2.60. The fraction of sp³-hybridized carbons (Fsp3) is 0.211. The molecule has 0 saturated heterocycles. The zero-order valence-electron chi connectivity index (χ0n) is 14.3. The van der Waals surface area contributed by atoms with Crippen LogP contribution >= 0.6 is 11.8 Å². The second kappa shape index (κ2) is 7.53. The highest BCUT2D eigenvalue weighted by Crippen LogP contribution is 2.24. The van der Waals surface area contributed by atoms with E-state index in [-0.39, 0.29) is 11.9 Å². The Bertz CT molecular complexity index is 890. The first kappa shape index (κ1) is 17.2. The van der Waals surface area contributed by atoms with E-state index in [4.69, 9.17) is 4.42 Å². The van der Waals surface area contributed by atoms with Crippen LogP contribution in [-0.4, -0.2) is 21.4 Å². The molecule has 5 nitrogen and oxygen atoms in total. The Morgan fingerprint density at radius 3 is 2.68 bits per heavy atom. The Morgan fingerprint density at radius 1 is 1.12 bits per heavy atom. The lowest BCUT2D eigenvalue weighted by molar-refractivity contribution is 0.102. The van der Waals surface area contributed by atoms with Crippen LogP contribution in [0.3, 0.4) is 0 Å². The summed E-state index contributed by atoms with van der Waals surface area (Å²) in [6, 6.07) is 15.3. The van der Waals surface area contributed by atoms with E-state index >= 15 is 0 Å². The van der Waals surface area contributed by atoms with Gasteiger partial charge in [0, 0.05) is 21.3 Å². The lowest BCUT2D eigenvalue weighted by Crippen LogP contribution is -2.12. The van der Waals surface area contributed by atoms with Crippen molar-refractivity contribution < 1.29 is 9.21 Å². The first-order valence-electron chi connectivity index (χ1n) is 8.00. The van der Waals surface area contributed by atoms with E-state index in [1.807, 2.05) is 49.4 Å².